The maximum absolute atomic E-state index is 13.7. The second-order valence-corrected chi connectivity index (χ2v) is 4.23. The van der Waals surface area contributed by atoms with E-state index in [0.717, 1.165) is 0 Å². The van der Waals surface area contributed by atoms with Crippen LogP contribution in [0, 0.1) is 40.7 Å². The summed E-state index contributed by atoms with van der Waals surface area (Å²) in [5.74, 6) is -17.3. The molecule has 0 amide bonds. The Bertz CT molecular complexity index is 791. The lowest BCUT2D eigenvalue weighted by molar-refractivity contribution is -0.140. The first kappa shape index (κ1) is 17.1. The second kappa shape index (κ2) is 5.43. The Morgan fingerprint density at radius 2 is 1.09 bits per heavy atom. The van der Waals surface area contributed by atoms with E-state index in [4.69, 9.17) is 0 Å². The van der Waals surface area contributed by atoms with Crippen LogP contribution in [0.25, 0.3) is 11.1 Å². The van der Waals surface area contributed by atoms with Gasteiger partial charge in [-0.15, -0.1) is 0 Å². The third kappa shape index (κ3) is 2.62. The van der Waals surface area contributed by atoms with Gasteiger partial charge in [0, 0.05) is 11.1 Å². The van der Waals surface area contributed by atoms with E-state index in [1.165, 1.54) is 0 Å². The number of hydrogen-bond donors (Lipinski definition) is 0. The molecule has 0 aliphatic rings. The lowest BCUT2D eigenvalue weighted by atomic mass is 9.96. The Kier molecular flexibility index (Phi) is 4.03. The van der Waals surface area contributed by atoms with Crippen LogP contribution in [0.2, 0.25) is 0 Å². The topological polar surface area (TPSA) is 0 Å². The highest BCUT2D eigenvalue weighted by atomic mass is 19.4. The lowest BCUT2D eigenvalue weighted by Gasteiger charge is -2.16. The molecule has 2 aromatic rings. The smallest absolute Gasteiger partial charge is 0.204 e. The van der Waals surface area contributed by atoms with Crippen LogP contribution in [-0.2, 0) is 6.18 Å². The first-order valence-electron chi connectivity index (χ1n) is 5.55. The van der Waals surface area contributed by atoms with Crippen molar-refractivity contribution in [1.29, 1.82) is 0 Å². The first-order valence-corrected chi connectivity index (χ1v) is 5.55. The molecule has 0 unspecified atom stereocenters. The number of benzene rings is 2. The van der Waals surface area contributed by atoms with Crippen molar-refractivity contribution in [3.05, 3.63) is 58.4 Å². The highest BCUT2D eigenvalue weighted by Crippen LogP contribution is 2.43. The molecule has 0 aliphatic carbocycles. The summed E-state index contributed by atoms with van der Waals surface area (Å²) >= 11 is 0. The van der Waals surface area contributed by atoms with Gasteiger partial charge in [0.1, 0.15) is 5.56 Å². The van der Waals surface area contributed by atoms with Crippen LogP contribution >= 0.6 is 0 Å². The van der Waals surface area contributed by atoms with E-state index in [2.05, 4.69) is 0 Å². The van der Waals surface area contributed by atoms with Gasteiger partial charge >= 0.3 is 6.18 Å². The predicted molar refractivity (Wildman–Crippen MR) is 56.6 cm³/mol. The van der Waals surface area contributed by atoms with Gasteiger partial charge in [0.25, 0.3) is 0 Å². The van der Waals surface area contributed by atoms with Gasteiger partial charge in [-0.1, -0.05) is 0 Å². The molecule has 2 rings (SSSR count). The molecule has 124 valence electrons. The van der Waals surface area contributed by atoms with Gasteiger partial charge in [-0.25, -0.2) is 30.7 Å². The van der Waals surface area contributed by atoms with Crippen LogP contribution in [-0.4, -0.2) is 0 Å². The molecule has 23 heavy (non-hydrogen) atoms. The summed E-state index contributed by atoms with van der Waals surface area (Å²) < 4.78 is 131. The SMILES string of the molecule is Fc1ccc(-c2c(F)c(F)c(F)c(F)c2C(F)(F)F)c(F)c1F. The summed E-state index contributed by atoms with van der Waals surface area (Å²) in [5, 5.41) is 0. The molecule has 0 saturated carbocycles. The Balaban J connectivity index is 3.01. The van der Waals surface area contributed by atoms with Gasteiger partial charge < -0.3 is 0 Å². The van der Waals surface area contributed by atoms with Crippen molar-refractivity contribution in [2.75, 3.05) is 0 Å². The van der Waals surface area contributed by atoms with Crippen molar-refractivity contribution in [1.82, 2.24) is 0 Å². The molecule has 0 spiro atoms. The van der Waals surface area contributed by atoms with Gasteiger partial charge in [0.05, 0.1) is 0 Å². The van der Waals surface area contributed by atoms with Crippen molar-refractivity contribution < 1.29 is 43.9 Å². The van der Waals surface area contributed by atoms with Crippen LogP contribution in [0.4, 0.5) is 43.9 Å². The molecule has 2 aromatic carbocycles. The quantitative estimate of drug-likeness (QED) is 0.370. The molecule has 0 aliphatic heterocycles. The lowest BCUT2D eigenvalue weighted by Crippen LogP contribution is -2.16. The predicted octanol–water partition coefficient (Wildman–Crippen LogP) is 5.35. The van der Waals surface area contributed by atoms with Gasteiger partial charge in [-0.05, 0) is 12.1 Å². The number of alkyl halides is 3. The summed E-state index contributed by atoms with van der Waals surface area (Å²) in [7, 11) is 0. The molecule has 0 fully saturated rings. The normalized spacial score (nSPS) is 11.9. The molecule has 0 heterocycles. The molecular formula is C13H2F10. The molecule has 10 heteroatoms. The van der Waals surface area contributed by atoms with Gasteiger partial charge in [0.2, 0.25) is 0 Å². The number of halogens is 10. The Morgan fingerprint density at radius 1 is 0.565 bits per heavy atom. The summed E-state index contributed by atoms with van der Waals surface area (Å²) in [4.78, 5) is 0. The van der Waals surface area contributed by atoms with E-state index in [0.29, 0.717) is 0 Å². The van der Waals surface area contributed by atoms with Crippen LogP contribution in [0.5, 0.6) is 0 Å². The first-order chi connectivity index (χ1) is 10.5. The molecular weight excluding hydrogens is 346 g/mol. The molecule has 0 atom stereocenters. The standard InChI is InChI=1S/C13H2F10/c14-4-2-1-3(7(15)8(4)16)5-6(13(21,22)23)10(18)12(20)11(19)9(5)17/h1-2H. The fourth-order valence-corrected chi connectivity index (χ4v) is 1.87. The zero-order valence-electron chi connectivity index (χ0n) is 10.4. The fourth-order valence-electron chi connectivity index (χ4n) is 1.87. The van der Waals surface area contributed by atoms with E-state index < -0.39 is 63.6 Å². The second-order valence-electron chi connectivity index (χ2n) is 4.23. The van der Waals surface area contributed by atoms with E-state index in [-0.39, 0.29) is 12.1 Å². The summed E-state index contributed by atoms with van der Waals surface area (Å²) in [6, 6.07) is 0.255. The van der Waals surface area contributed by atoms with Crippen molar-refractivity contribution in [3.8, 4) is 11.1 Å². The molecule has 0 bridgehead atoms. The van der Waals surface area contributed by atoms with Crippen LogP contribution < -0.4 is 0 Å². The summed E-state index contributed by atoms with van der Waals surface area (Å²) in [6.45, 7) is 0. The zero-order valence-corrected chi connectivity index (χ0v) is 10.4. The summed E-state index contributed by atoms with van der Waals surface area (Å²) in [6.07, 6.45) is -5.77. The third-order valence-corrected chi connectivity index (χ3v) is 2.86. The summed E-state index contributed by atoms with van der Waals surface area (Å²) in [5.41, 5.74) is -6.41. The Labute approximate surface area is 121 Å². The third-order valence-electron chi connectivity index (χ3n) is 2.86. The zero-order chi connectivity index (χ0) is 17.7. The van der Waals surface area contributed by atoms with Crippen molar-refractivity contribution >= 4 is 0 Å². The minimum atomic E-state index is -5.77. The molecule has 0 nitrogen and oxygen atoms in total. The Morgan fingerprint density at radius 3 is 1.61 bits per heavy atom. The minimum Gasteiger partial charge on any atom is -0.204 e. The molecule has 0 saturated heterocycles. The van der Waals surface area contributed by atoms with Gasteiger partial charge in [0.15, 0.2) is 40.7 Å². The van der Waals surface area contributed by atoms with Crippen molar-refractivity contribution in [2.45, 2.75) is 6.18 Å². The van der Waals surface area contributed by atoms with E-state index >= 15 is 0 Å². The Hall–Kier alpha value is -2.26. The number of hydrogen-bond acceptors (Lipinski definition) is 0. The van der Waals surface area contributed by atoms with Crippen LogP contribution in [0.15, 0.2) is 12.1 Å². The maximum atomic E-state index is 13.7. The van der Waals surface area contributed by atoms with Crippen LogP contribution in [0.3, 0.4) is 0 Å². The molecule has 0 radical (unpaired) electrons. The van der Waals surface area contributed by atoms with Gasteiger partial charge in [-0.3, -0.25) is 0 Å². The largest absolute Gasteiger partial charge is 0.420 e. The fraction of sp³-hybridized carbons (Fsp3) is 0.0769. The molecule has 0 aromatic heterocycles. The highest BCUT2D eigenvalue weighted by molar-refractivity contribution is 5.70. The van der Waals surface area contributed by atoms with E-state index in [1.54, 1.807) is 0 Å². The van der Waals surface area contributed by atoms with E-state index in [9.17, 15) is 43.9 Å². The van der Waals surface area contributed by atoms with Gasteiger partial charge in [-0.2, -0.15) is 13.2 Å². The van der Waals surface area contributed by atoms with Crippen LogP contribution in [0.1, 0.15) is 5.56 Å². The minimum absolute atomic E-state index is 0.118. The maximum Gasteiger partial charge on any atom is 0.420 e. The highest BCUT2D eigenvalue weighted by Gasteiger charge is 2.43. The molecule has 0 N–H and O–H groups in total. The van der Waals surface area contributed by atoms with Crippen molar-refractivity contribution in [3.63, 3.8) is 0 Å². The average molecular weight is 348 g/mol. The average Bonchev–Trinajstić information content (AvgIpc) is 2.46. The van der Waals surface area contributed by atoms with E-state index in [1.807, 2.05) is 0 Å². The van der Waals surface area contributed by atoms with Crippen molar-refractivity contribution in [2.24, 2.45) is 0 Å². The number of rotatable bonds is 1. The monoisotopic (exact) mass is 348 g/mol.